The standard InChI is InChI=1S/C12H21N3O3/c1-12(2)11(17)14-3-5-15(12)10(16)7-9-8-13-4-6-18-9/h9,13H,3-8H2,1-2H3,(H,14,17). The molecule has 0 aromatic rings. The fraction of sp³-hybridized carbons (Fsp3) is 0.833. The maximum atomic E-state index is 12.3. The Morgan fingerprint density at radius 1 is 1.50 bits per heavy atom. The van der Waals surface area contributed by atoms with Crippen LogP contribution in [0.4, 0.5) is 0 Å². The maximum absolute atomic E-state index is 12.3. The number of nitrogens with one attached hydrogen (secondary N) is 2. The van der Waals surface area contributed by atoms with Crippen molar-refractivity contribution in [2.45, 2.75) is 31.9 Å². The Balaban J connectivity index is 1.96. The molecule has 2 fully saturated rings. The zero-order valence-electron chi connectivity index (χ0n) is 11.0. The first kappa shape index (κ1) is 13.3. The number of morpholine rings is 1. The number of rotatable bonds is 2. The topological polar surface area (TPSA) is 70.7 Å². The molecule has 0 aromatic carbocycles. The fourth-order valence-corrected chi connectivity index (χ4v) is 2.39. The largest absolute Gasteiger partial charge is 0.375 e. The van der Waals surface area contributed by atoms with E-state index in [1.165, 1.54) is 0 Å². The smallest absolute Gasteiger partial charge is 0.245 e. The Morgan fingerprint density at radius 2 is 2.28 bits per heavy atom. The molecular formula is C12H21N3O3. The molecule has 6 heteroatoms. The van der Waals surface area contributed by atoms with Gasteiger partial charge in [-0.05, 0) is 13.8 Å². The number of nitrogens with zero attached hydrogens (tertiary/aromatic N) is 1. The molecule has 1 unspecified atom stereocenters. The lowest BCUT2D eigenvalue weighted by Crippen LogP contribution is -2.63. The van der Waals surface area contributed by atoms with E-state index in [9.17, 15) is 9.59 Å². The Hall–Kier alpha value is -1.14. The average molecular weight is 255 g/mol. The van der Waals surface area contributed by atoms with Crippen molar-refractivity contribution in [2.24, 2.45) is 0 Å². The lowest BCUT2D eigenvalue weighted by Gasteiger charge is -2.41. The van der Waals surface area contributed by atoms with Crippen LogP contribution in [-0.2, 0) is 14.3 Å². The minimum atomic E-state index is -0.766. The lowest BCUT2D eigenvalue weighted by atomic mass is 9.98. The number of ether oxygens (including phenoxy) is 1. The lowest BCUT2D eigenvalue weighted by molar-refractivity contribution is -0.151. The molecular weight excluding hydrogens is 234 g/mol. The monoisotopic (exact) mass is 255 g/mol. The first-order valence-electron chi connectivity index (χ1n) is 6.43. The molecule has 0 bridgehead atoms. The fourth-order valence-electron chi connectivity index (χ4n) is 2.39. The summed E-state index contributed by atoms with van der Waals surface area (Å²) in [5.74, 6) is -0.103. The molecule has 2 aliphatic rings. The van der Waals surface area contributed by atoms with E-state index in [1.54, 1.807) is 18.7 Å². The summed E-state index contributed by atoms with van der Waals surface area (Å²) in [6.45, 7) is 6.82. The Labute approximate surface area is 107 Å². The van der Waals surface area contributed by atoms with Crippen molar-refractivity contribution in [3.63, 3.8) is 0 Å². The van der Waals surface area contributed by atoms with Gasteiger partial charge < -0.3 is 20.3 Å². The van der Waals surface area contributed by atoms with Crippen molar-refractivity contribution in [2.75, 3.05) is 32.8 Å². The number of hydrogen-bond donors (Lipinski definition) is 2. The van der Waals surface area contributed by atoms with Crippen molar-refractivity contribution >= 4 is 11.8 Å². The molecule has 18 heavy (non-hydrogen) atoms. The maximum Gasteiger partial charge on any atom is 0.245 e. The van der Waals surface area contributed by atoms with Crippen molar-refractivity contribution < 1.29 is 14.3 Å². The number of carbonyl (C=O) groups excluding carboxylic acids is 2. The van der Waals surface area contributed by atoms with Crippen molar-refractivity contribution in [1.29, 1.82) is 0 Å². The molecule has 2 saturated heterocycles. The number of amides is 2. The summed E-state index contributed by atoms with van der Waals surface area (Å²) < 4.78 is 5.52. The van der Waals surface area contributed by atoms with Crippen LogP contribution in [-0.4, -0.2) is 61.1 Å². The minimum absolute atomic E-state index is 0.0106. The summed E-state index contributed by atoms with van der Waals surface area (Å²) in [6, 6.07) is 0. The van der Waals surface area contributed by atoms with E-state index in [-0.39, 0.29) is 17.9 Å². The van der Waals surface area contributed by atoms with Gasteiger partial charge >= 0.3 is 0 Å². The summed E-state index contributed by atoms with van der Waals surface area (Å²) >= 11 is 0. The van der Waals surface area contributed by atoms with Gasteiger partial charge in [0.1, 0.15) is 5.54 Å². The SMILES string of the molecule is CC1(C)C(=O)NCCN1C(=O)CC1CNCCO1. The Kier molecular flexibility index (Phi) is 3.87. The van der Waals surface area contributed by atoms with E-state index < -0.39 is 5.54 Å². The van der Waals surface area contributed by atoms with E-state index in [0.717, 1.165) is 6.54 Å². The average Bonchev–Trinajstić information content (AvgIpc) is 2.33. The van der Waals surface area contributed by atoms with E-state index in [4.69, 9.17) is 4.74 Å². The molecule has 1 atom stereocenters. The highest BCUT2D eigenvalue weighted by atomic mass is 16.5. The normalized spacial score (nSPS) is 27.8. The first-order chi connectivity index (χ1) is 8.51. The second kappa shape index (κ2) is 5.24. The predicted octanol–water partition coefficient (Wildman–Crippen LogP) is -0.898. The molecule has 2 rings (SSSR count). The van der Waals surface area contributed by atoms with Crippen molar-refractivity contribution in [3.05, 3.63) is 0 Å². The van der Waals surface area contributed by atoms with E-state index in [2.05, 4.69) is 10.6 Å². The second-order valence-corrected chi connectivity index (χ2v) is 5.26. The Bertz CT molecular complexity index is 337. The van der Waals surface area contributed by atoms with Gasteiger partial charge in [0.05, 0.1) is 19.1 Å². The summed E-state index contributed by atoms with van der Waals surface area (Å²) in [5, 5.41) is 5.98. The Morgan fingerprint density at radius 3 is 2.94 bits per heavy atom. The van der Waals surface area contributed by atoms with E-state index >= 15 is 0 Å². The van der Waals surface area contributed by atoms with Gasteiger partial charge in [0.25, 0.3) is 0 Å². The highest BCUT2D eigenvalue weighted by Gasteiger charge is 2.40. The highest BCUT2D eigenvalue weighted by molar-refractivity contribution is 5.91. The molecule has 0 aliphatic carbocycles. The molecule has 0 radical (unpaired) electrons. The number of piperazine rings is 1. The van der Waals surface area contributed by atoms with Gasteiger partial charge in [-0.3, -0.25) is 9.59 Å². The third-order valence-electron chi connectivity index (χ3n) is 3.56. The molecule has 2 N–H and O–H groups in total. The molecule has 0 aromatic heterocycles. The van der Waals surface area contributed by atoms with Crippen LogP contribution in [0.25, 0.3) is 0 Å². The summed E-state index contributed by atoms with van der Waals surface area (Å²) in [6.07, 6.45) is 0.260. The van der Waals surface area contributed by atoms with Crippen LogP contribution in [0.5, 0.6) is 0 Å². The predicted molar refractivity (Wildman–Crippen MR) is 66.0 cm³/mol. The summed E-state index contributed by atoms with van der Waals surface area (Å²) in [7, 11) is 0. The van der Waals surface area contributed by atoms with Crippen LogP contribution in [0.3, 0.4) is 0 Å². The molecule has 2 amide bonds. The molecule has 2 aliphatic heterocycles. The van der Waals surface area contributed by atoms with E-state index in [1.807, 2.05) is 0 Å². The van der Waals surface area contributed by atoms with Gasteiger partial charge in [-0.2, -0.15) is 0 Å². The quantitative estimate of drug-likeness (QED) is 0.671. The first-order valence-corrected chi connectivity index (χ1v) is 6.43. The number of hydrogen-bond acceptors (Lipinski definition) is 4. The van der Waals surface area contributed by atoms with Crippen molar-refractivity contribution in [1.82, 2.24) is 15.5 Å². The molecule has 6 nitrogen and oxygen atoms in total. The zero-order valence-corrected chi connectivity index (χ0v) is 11.0. The van der Waals surface area contributed by atoms with Gasteiger partial charge in [0.15, 0.2) is 0 Å². The van der Waals surface area contributed by atoms with Crippen molar-refractivity contribution in [3.8, 4) is 0 Å². The third-order valence-corrected chi connectivity index (χ3v) is 3.56. The van der Waals surface area contributed by atoms with E-state index in [0.29, 0.717) is 32.7 Å². The van der Waals surface area contributed by atoms with Crippen LogP contribution in [0.1, 0.15) is 20.3 Å². The van der Waals surface area contributed by atoms with Gasteiger partial charge in [-0.1, -0.05) is 0 Å². The van der Waals surface area contributed by atoms with Gasteiger partial charge in [0.2, 0.25) is 11.8 Å². The molecule has 0 saturated carbocycles. The van der Waals surface area contributed by atoms with Crippen LogP contribution < -0.4 is 10.6 Å². The molecule has 102 valence electrons. The minimum Gasteiger partial charge on any atom is -0.375 e. The molecule has 2 heterocycles. The molecule has 0 spiro atoms. The van der Waals surface area contributed by atoms with Gasteiger partial charge in [-0.25, -0.2) is 0 Å². The number of carbonyl (C=O) groups is 2. The van der Waals surface area contributed by atoms with Gasteiger partial charge in [0, 0.05) is 26.2 Å². The summed E-state index contributed by atoms with van der Waals surface area (Å²) in [5.41, 5.74) is -0.766. The van der Waals surface area contributed by atoms with Gasteiger partial charge in [-0.15, -0.1) is 0 Å². The van der Waals surface area contributed by atoms with Crippen LogP contribution in [0.15, 0.2) is 0 Å². The summed E-state index contributed by atoms with van der Waals surface area (Å²) in [4.78, 5) is 25.7. The highest BCUT2D eigenvalue weighted by Crippen LogP contribution is 2.19. The van der Waals surface area contributed by atoms with Crippen LogP contribution in [0, 0.1) is 0 Å². The van der Waals surface area contributed by atoms with Crippen LogP contribution in [0.2, 0.25) is 0 Å². The zero-order chi connectivity index (χ0) is 13.2. The second-order valence-electron chi connectivity index (χ2n) is 5.26. The van der Waals surface area contributed by atoms with Crippen LogP contribution >= 0.6 is 0 Å². The third kappa shape index (κ3) is 2.64.